The van der Waals surface area contributed by atoms with Crippen molar-refractivity contribution in [3.63, 3.8) is 0 Å². The summed E-state index contributed by atoms with van der Waals surface area (Å²) in [4.78, 5) is 11.4. The van der Waals surface area contributed by atoms with Crippen LogP contribution in [0.4, 0.5) is 0 Å². The maximum Gasteiger partial charge on any atom is 0.340 e. The second kappa shape index (κ2) is 5.09. The van der Waals surface area contributed by atoms with Gasteiger partial charge in [0.05, 0.1) is 0 Å². The topological polar surface area (TPSA) is 55.8 Å². The van der Waals surface area contributed by atoms with E-state index in [9.17, 15) is 9.90 Å². The summed E-state index contributed by atoms with van der Waals surface area (Å²) in [5.41, 5.74) is 1.72. The molecular formula is C16H12O4. The van der Waals surface area contributed by atoms with Crippen LogP contribution in [0, 0.1) is 0 Å². The van der Waals surface area contributed by atoms with E-state index in [4.69, 9.17) is 9.47 Å². The molecule has 1 N–H and O–H groups in total. The summed E-state index contributed by atoms with van der Waals surface area (Å²) in [5, 5.41) is 9.36. The first kappa shape index (κ1) is 12.3. The summed E-state index contributed by atoms with van der Waals surface area (Å²) >= 11 is 0. The Morgan fingerprint density at radius 1 is 1.05 bits per heavy atom. The van der Waals surface area contributed by atoms with E-state index in [0.29, 0.717) is 17.1 Å². The van der Waals surface area contributed by atoms with Gasteiger partial charge in [0.2, 0.25) is 6.79 Å². The predicted octanol–water partition coefficient (Wildman–Crippen LogP) is 3.28. The molecule has 0 aromatic heterocycles. The molecule has 0 amide bonds. The summed E-state index contributed by atoms with van der Waals surface area (Å²) in [6.07, 6.45) is 3.63. The van der Waals surface area contributed by atoms with Gasteiger partial charge in [0, 0.05) is 0 Å². The molecule has 0 atom stereocenters. The second-order valence-corrected chi connectivity index (χ2v) is 4.31. The monoisotopic (exact) mass is 268 g/mol. The summed E-state index contributed by atoms with van der Waals surface area (Å²) in [5.74, 6) is -0.257. The Morgan fingerprint density at radius 3 is 2.60 bits per heavy atom. The lowest BCUT2D eigenvalue weighted by Crippen LogP contribution is -2.02. The smallest absolute Gasteiger partial charge is 0.340 e. The number of ether oxygens (including phenoxy) is 2. The molecule has 0 saturated heterocycles. The highest BCUT2D eigenvalue weighted by molar-refractivity contribution is 5.97. The number of hydrogen-bond donors (Lipinski definition) is 1. The first-order valence-corrected chi connectivity index (χ1v) is 6.15. The van der Waals surface area contributed by atoms with Crippen molar-refractivity contribution in [3.8, 4) is 11.5 Å². The molecule has 4 heteroatoms. The van der Waals surface area contributed by atoms with Crippen LogP contribution in [-0.2, 0) is 0 Å². The van der Waals surface area contributed by atoms with Gasteiger partial charge >= 0.3 is 5.97 Å². The van der Waals surface area contributed by atoms with Gasteiger partial charge in [-0.25, -0.2) is 4.79 Å². The van der Waals surface area contributed by atoms with Gasteiger partial charge in [-0.05, 0) is 17.2 Å². The molecule has 0 aliphatic carbocycles. The molecule has 2 aromatic rings. The molecule has 3 rings (SSSR count). The molecule has 0 bridgehead atoms. The molecule has 100 valence electrons. The van der Waals surface area contributed by atoms with E-state index in [-0.39, 0.29) is 12.4 Å². The van der Waals surface area contributed by atoms with Gasteiger partial charge in [-0.15, -0.1) is 0 Å². The third-order valence-electron chi connectivity index (χ3n) is 3.04. The minimum absolute atomic E-state index is 0.0570. The molecule has 0 saturated carbocycles. The quantitative estimate of drug-likeness (QED) is 0.868. The maximum atomic E-state index is 11.4. The van der Waals surface area contributed by atoms with Gasteiger partial charge in [-0.3, -0.25) is 0 Å². The minimum Gasteiger partial charge on any atom is -0.478 e. The van der Waals surface area contributed by atoms with Crippen LogP contribution in [0.5, 0.6) is 11.5 Å². The van der Waals surface area contributed by atoms with Crippen LogP contribution in [0.2, 0.25) is 0 Å². The Kier molecular flexibility index (Phi) is 3.13. The summed E-state index contributed by atoms with van der Waals surface area (Å²) in [6, 6.07) is 13.1. The molecule has 0 radical (unpaired) electrons. The number of rotatable bonds is 3. The SMILES string of the molecule is O=C(O)c1c(/C=C\c2ccccc2)ccc2c1OCO2. The van der Waals surface area contributed by atoms with Gasteiger partial charge in [-0.2, -0.15) is 0 Å². The summed E-state index contributed by atoms with van der Waals surface area (Å²) in [6.45, 7) is 0.0570. The highest BCUT2D eigenvalue weighted by Crippen LogP contribution is 2.38. The average Bonchev–Trinajstić information content (AvgIpc) is 2.93. The zero-order valence-corrected chi connectivity index (χ0v) is 10.6. The van der Waals surface area contributed by atoms with E-state index in [2.05, 4.69) is 0 Å². The van der Waals surface area contributed by atoms with E-state index in [1.165, 1.54) is 0 Å². The lowest BCUT2D eigenvalue weighted by Gasteiger charge is -2.05. The Hall–Kier alpha value is -2.75. The second-order valence-electron chi connectivity index (χ2n) is 4.31. The molecule has 2 aromatic carbocycles. The van der Waals surface area contributed by atoms with Crippen LogP contribution in [0.15, 0.2) is 42.5 Å². The molecule has 0 spiro atoms. The third kappa shape index (κ3) is 2.23. The fourth-order valence-corrected chi connectivity index (χ4v) is 2.10. The van der Waals surface area contributed by atoms with Crippen molar-refractivity contribution < 1.29 is 19.4 Å². The molecule has 20 heavy (non-hydrogen) atoms. The van der Waals surface area contributed by atoms with Gasteiger partial charge in [0.15, 0.2) is 11.5 Å². The highest BCUT2D eigenvalue weighted by Gasteiger charge is 2.24. The molecule has 4 nitrogen and oxygen atoms in total. The van der Waals surface area contributed by atoms with Crippen molar-refractivity contribution in [3.05, 3.63) is 59.2 Å². The lowest BCUT2D eigenvalue weighted by atomic mass is 10.0. The van der Waals surface area contributed by atoms with E-state index < -0.39 is 5.97 Å². The van der Waals surface area contributed by atoms with Crippen molar-refractivity contribution in [2.45, 2.75) is 0 Å². The average molecular weight is 268 g/mol. The van der Waals surface area contributed by atoms with Gasteiger partial charge in [0.1, 0.15) is 5.56 Å². The number of carboxylic acid groups (broad SMARTS) is 1. The number of carbonyl (C=O) groups is 1. The van der Waals surface area contributed by atoms with Gasteiger partial charge in [0.25, 0.3) is 0 Å². The first-order chi connectivity index (χ1) is 9.75. The van der Waals surface area contributed by atoms with Gasteiger partial charge < -0.3 is 14.6 Å². The molecule has 1 aliphatic heterocycles. The summed E-state index contributed by atoms with van der Waals surface area (Å²) < 4.78 is 10.4. The number of aromatic carboxylic acids is 1. The zero-order chi connectivity index (χ0) is 13.9. The van der Waals surface area contributed by atoms with Gasteiger partial charge in [-0.1, -0.05) is 48.6 Å². The normalized spacial score (nSPS) is 12.8. The van der Waals surface area contributed by atoms with Crippen molar-refractivity contribution in [2.24, 2.45) is 0 Å². The third-order valence-corrected chi connectivity index (χ3v) is 3.04. The zero-order valence-electron chi connectivity index (χ0n) is 10.6. The summed E-state index contributed by atoms with van der Waals surface area (Å²) in [7, 11) is 0. The van der Waals surface area contributed by atoms with Crippen LogP contribution >= 0.6 is 0 Å². The fraction of sp³-hybridized carbons (Fsp3) is 0.0625. The van der Waals surface area contributed by atoms with Crippen molar-refractivity contribution in [1.29, 1.82) is 0 Å². The lowest BCUT2D eigenvalue weighted by molar-refractivity contribution is 0.0692. The highest BCUT2D eigenvalue weighted by atomic mass is 16.7. The van der Waals surface area contributed by atoms with E-state index in [1.807, 2.05) is 36.4 Å². The standard InChI is InChI=1S/C16H12O4/c17-16(18)14-12(7-6-11-4-2-1-3-5-11)8-9-13-15(14)20-10-19-13/h1-9H,10H2,(H,17,18)/b7-6-. The Balaban J connectivity index is 2.02. The van der Waals surface area contributed by atoms with Crippen molar-refractivity contribution >= 4 is 18.1 Å². The molecule has 0 unspecified atom stereocenters. The number of hydrogen-bond acceptors (Lipinski definition) is 3. The Bertz CT molecular complexity index is 674. The predicted molar refractivity (Wildman–Crippen MR) is 74.9 cm³/mol. The number of carboxylic acids is 1. The first-order valence-electron chi connectivity index (χ1n) is 6.15. The largest absolute Gasteiger partial charge is 0.478 e. The van der Waals surface area contributed by atoms with Crippen LogP contribution < -0.4 is 9.47 Å². The Morgan fingerprint density at radius 2 is 1.85 bits per heavy atom. The molecule has 1 heterocycles. The van der Waals surface area contributed by atoms with Crippen molar-refractivity contribution in [2.75, 3.05) is 6.79 Å². The number of fused-ring (bicyclic) bond motifs is 1. The molecular weight excluding hydrogens is 256 g/mol. The van der Waals surface area contributed by atoms with Crippen LogP contribution in [0.1, 0.15) is 21.5 Å². The van der Waals surface area contributed by atoms with Crippen LogP contribution in [0.3, 0.4) is 0 Å². The van der Waals surface area contributed by atoms with E-state index in [0.717, 1.165) is 5.56 Å². The van der Waals surface area contributed by atoms with Crippen LogP contribution in [-0.4, -0.2) is 17.9 Å². The Labute approximate surface area is 115 Å². The molecule has 0 fully saturated rings. The van der Waals surface area contributed by atoms with E-state index in [1.54, 1.807) is 18.2 Å². The minimum atomic E-state index is -1.03. The number of benzene rings is 2. The van der Waals surface area contributed by atoms with Crippen molar-refractivity contribution in [1.82, 2.24) is 0 Å². The van der Waals surface area contributed by atoms with Crippen LogP contribution in [0.25, 0.3) is 12.2 Å². The fourth-order valence-electron chi connectivity index (χ4n) is 2.10. The molecule has 1 aliphatic rings. The van der Waals surface area contributed by atoms with E-state index >= 15 is 0 Å². The maximum absolute atomic E-state index is 11.4.